The second-order valence-electron chi connectivity index (χ2n) is 5.21. The van der Waals surface area contributed by atoms with Crippen LogP contribution >= 0.6 is 11.6 Å². The van der Waals surface area contributed by atoms with Gasteiger partial charge in [-0.3, -0.25) is 4.79 Å². The first-order chi connectivity index (χ1) is 9.31. The van der Waals surface area contributed by atoms with E-state index in [2.05, 4.69) is 0 Å². The van der Waals surface area contributed by atoms with Gasteiger partial charge < -0.3 is 15.2 Å². The van der Waals surface area contributed by atoms with Crippen LogP contribution in [0.2, 0.25) is 5.02 Å². The van der Waals surface area contributed by atoms with E-state index in [1.807, 2.05) is 26.0 Å². The lowest BCUT2D eigenvalue weighted by atomic mass is 10.0. The highest BCUT2D eigenvalue weighted by atomic mass is 35.5. The number of hydrogen-bond acceptors (Lipinski definition) is 4. The van der Waals surface area contributed by atoms with Crippen LogP contribution in [-0.4, -0.2) is 24.2 Å². The maximum Gasteiger partial charge on any atom is 0.323 e. The molecule has 0 saturated carbocycles. The zero-order valence-corrected chi connectivity index (χ0v) is 13.1. The van der Waals surface area contributed by atoms with E-state index in [9.17, 15) is 4.79 Å². The van der Waals surface area contributed by atoms with Crippen molar-refractivity contribution >= 4 is 17.6 Å². The summed E-state index contributed by atoms with van der Waals surface area (Å²) in [4.78, 5) is 11.6. The molecule has 20 heavy (non-hydrogen) atoms. The van der Waals surface area contributed by atoms with Crippen molar-refractivity contribution in [3.8, 4) is 5.75 Å². The van der Waals surface area contributed by atoms with Crippen LogP contribution < -0.4 is 10.5 Å². The standard InChI is InChI=1S/C15H22ClNO3/c1-9(2)14(11(4)19-15(18)10(3)17)20-13-7-5-6-12(16)8-13/h5-11,14H,17H2,1-4H3/t10-,11-,14-/m0/s1. The molecule has 0 unspecified atom stereocenters. The van der Waals surface area contributed by atoms with Gasteiger partial charge in [-0.2, -0.15) is 0 Å². The van der Waals surface area contributed by atoms with Gasteiger partial charge in [-0.15, -0.1) is 0 Å². The van der Waals surface area contributed by atoms with E-state index in [0.29, 0.717) is 10.8 Å². The number of carbonyl (C=O) groups is 1. The summed E-state index contributed by atoms with van der Waals surface area (Å²) < 4.78 is 11.2. The molecule has 1 aromatic rings. The highest BCUT2D eigenvalue weighted by molar-refractivity contribution is 6.30. The molecular formula is C15H22ClNO3. The summed E-state index contributed by atoms with van der Waals surface area (Å²) in [6.07, 6.45) is -0.663. The molecule has 0 heterocycles. The summed E-state index contributed by atoms with van der Waals surface area (Å²) in [6, 6.07) is 6.50. The largest absolute Gasteiger partial charge is 0.486 e. The molecule has 0 amide bonds. The van der Waals surface area contributed by atoms with Gasteiger partial charge >= 0.3 is 5.97 Å². The molecule has 0 aliphatic carbocycles. The van der Waals surface area contributed by atoms with E-state index in [4.69, 9.17) is 26.8 Å². The molecule has 2 N–H and O–H groups in total. The molecule has 1 aromatic carbocycles. The number of esters is 1. The molecule has 1 rings (SSSR count). The van der Waals surface area contributed by atoms with Crippen LogP contribution in [0.1, 0.15) is 27.7 Å². The predicted molar refractivity (Wildman–Crippen MR) is 79.9 cm³/mol. The monoisotopic (exact) mass is 299 g/mol. The Morgan fingerprint density at radius 1 is 1.25 bits per heavy atom. The van der Waals surface area contributed by atoms with Gasteiger partial charge in [0.05, 0.1) is 0 Å². The summed E-state index contributed by atoms with van der Waals surface area (Å²) in [6.45, 7) is 7.41. The van der Waals surface area contributed by atoms with E-state index >= 15 is 0 Å². The Labute approximate surface area is 125 Å². The molecule has 0 fully saturated rings. The number of ether oxygens (including phenoxy) is 2. The molecule has 4 nitrogen and oxygen atoms in total. The summed E-state index contributed by atoms with van der Waals surface area (Å²) in [5.74, 6) is 0.391. The molecule has 0 bridgehead atoms. The zero-order chi connectivity index (χ0) is 15.3. The van der Waals surface area contributed by atoms with Crippen LogP contribution in [0.3, 0.4) is 0 Å². The smallest absolute Gasteiger partial charge is 0.323 e. The van der Waals surface area contributed by atoms with Gasteiger partial charge in [-0.25, -0.2) is 0 Å². The maximum absolute atomic E-state index is 11.6. The Balaban J connectivity index is 2.76. The number of rotatable bonds is 6. The van der Waals surface area contributed by atoms with Gasteiger partial charge in [0.2, 0.25) is 0 Å². The van der Waals surface area contributed by atoms with Gasteiger partial charge in [-0.1, -0.05) is 31.5 Å². The number of benzene rings is 1. The molecule has 112 valence electrons. The molecule has 0 aliphatic heterocycles. The van der Waals surface area contributed by atoms with E-state index in [1.165, 1.54) is 0 Å². The second-order valence-corrected chi connectivity index (χ2v) is 5.65. The number of nitrogens with two attached hydrogens (primary N) is 1. The Kier molecular flexibility index (Phi) is 6.30. The number of hydrogen-bond donors (Lipinski definition) is 1. The lowest BCUT2D eigenvalue weighted by Crippen LogP contribution is -2.41. The zero-order valence-electron chi connectivity index (χ0n) is 12.3. The molecule has 3 atom stereocenters. The van der Waals surface area contributed by atoms with Gasteiger partial charge in [-0.05, 0) is 38.0 Å². The quantitative estimate of drug-likeness (QED) is 0.820. The van der Waals surface area contributed by atoms with Crippen molar-refractivity contribution in [2.45, 2.75) is 45.9 Å². The van der Waals surface area contributed by atoms with Crippen LogP contribution in [0.4, 0.5) is 0 Å². The maximum atomic E-state index is 11.6. The summed E-state index contributed by atoms with van der Waals surface area (Å²) in [5, 5.41) is 0.602. The van der Waals surface area contributed by atoms with E-state index in [1.54, 1.807) is 26.0 Å². The summed E-state index contributed by atoms with van der Waals surface area (Å²) >= 11 is 5.93. The Bertz CT molecular complexity index is 448. The van der Waals surface area contributed by atoms with E-state index in [-0.39, 0.29) is 12.0 Å². The van der Waals surface area contributed by atoms with Crippen LogP contribution in [0.25, 0.3) is 0 Å². The third kappa shape index (κ3) is 5.02. The minimum absolute atomic E-state index is 0.171. The fourth-order valence-electron chi connectivity index (χ4n) is 1.83. The molecule has 0 spiro atoms. The van der Waals surface area contributed by atoms with Crippen LogP contribution in [0.5, 0.6) is 5.75 Å². The third-order valence-electron chi connectivity index (χ3n) is 2.86. The van der Waals surface area contributed by atoms with Crippen molar-refractivity contribution in [2.75, 3.05) is 0 Å². The van der Waals surface area contributed by atoms with Crippen molar-refractivity contribution in [1.82, 2.24) is 0 Å². The fraction of sp³-hybridized carbons (Fsp3) is 0.533. The molecule has 5 heteroatoms. The number of carbonyl (C=O) groups excluding carboxylic acids is 1. The Morgan fingerprint density at radius 3 is 2.40 bits per heavy atom. The number of halogens is 1. The van der Waals surface area contributed by atoms with E-state index < -0.39 is 18.1 Å². The van der Waals surface area contributed by atoms with Crippen molar-refractivity contribution in [3.63, 3.8) is 0 Å². The molecular weight excluding hydrogens is 278 g/mol. The van der Waals surface area contributed by atoms with Crippen molar-refractivity contribution in [3.05, 3.63) is 29.3 Å². The normalized spacial score (nSPS) is 15.6. The molecule has 0 radical (unpaired) electrons. The topological polar surface area (TPSA) is 61.5 Å². The Hall–Kier alpha value is -1.26. The average Bonchev–Trinajstić information content (AvgIpc) is 2.35. The Morgan fingerprint density at radius 2 is 1.90 bits per heavy atom. The van der Waals surface area contributed by atoms with Gasteiger partial charge in [0.15, 0.2) is 0 Å². The minimum Gasteiger partial charge on any atom is -0.486 e. The summed E-state index contributed by atoms with van der Waals surface area (Å²) in [7, 11) is 0. The minimum atomic E-state index is -0.642. The van der Waals surface area contributed by atoms with Crippen molar-refractivity contribution in [1.29, 1.82) is 0 Å². The highest BCUT2D eigenvalue weighted by Gasteiger charge is 2.27. The van der Waals surface area contributed by atoms with Crippen LogP contribution in [0.15, 0.2) is 24.3 Å². The highest BCUT2D eigenvalue weighted by Crippen LogP contribution is 2.22. The summed E-state index contributed by atoms with van der Waals surface area (Å²) in [5.41, 5.74) is 5.50. The predicted octanol–water partition coefficient (Wildman–Crippen LogP) is 3.02. The van der Waals surface area contributed by atoms with Crippen LogP contribution in [0, 0.1) is 5.92 Å². The van der Waals surface area contributed by atoms with Crippen LogP contribution in [-0.2, 0) is 9.53 Å². The molecule has 0 aromatic heterocycles. The second kappa shape index (κ2) is 7.50. The molecule has 0 aliphatic rings. The first-order valence-electron chi connectivity index (χ1n) is 6.69. The van der Waals surface area contributed by atoms with Gasteiger partial charge in [0, 0.05) is 5.02 Å². The first-order valence-corrected chi connectivity index (χ1v) is 7.07. The first kappa shape index (κ1) is 16.8. The van der Waals surface area contributed by atoms with Gasteiger partial charge in [0.25, 0.3) is 0 Å². The van der Waals surface area contributed by atoms with Crippen molar-refractivity contribution < 1.29 is 14.3 Å². The molecule has 0 saturated heterocycles. The van der Waals surface area contributed by atoms with E-state index in [0.717, 1.165) is 0 Å². The fourth-order valence-corrected chi connectivity index (χ4v) is 2.01. The lowest BCUT2D eigenvalue weighted by Gasteiger charge is -2.28. The van der Waals surface area contributed by atoms with Crippen molar-refractivity contribution in [2.24, 2.45) is 11.7 Å². The lowest BCUT2D eigenvalue weighted by molar-refractivity contribution is -0.155. The average molecular weight is 300 g/mol. The van der Waals surface area contributed by atoms with Gasteiger partial charge in [0.1, 0.15) is 24.0 Å². The third-order valence-corrected chi connectivity index (χ3v) is 3.10. The SMILES string of the molecule is CC(C)[C@H](Oc1cccc(Cl)c1)[C@H](C)OC(=O)[C@H](C)N.